The highest BCUT2D eigenvalue weighted by Crippen LogP contribution is 2.36. The lowest BCUT2D eigenvalue weighted by atomic mass is 10.1. The molecule has 0 saturated carbocycles. The fourth-order valence-corrected chi connectivity index (χ4v) is 3.63. The smallest absolute Gasteiger partial charge is 0.294 e. The Labute approximate surface area is 163 Å². The second-order valence-corrected chi connectivity index (χ2v) is 6.96. The number of hydrazine groups is 1. The van der Waals surface area contributed by atoms with Crippen LogP contribution in [0.5, 0.6) is 11.5 Å². The molecule has 0 unspecified atom stereocenters. The molecule has 0 aliphatic carbocycles. The molecule has 3 aromatic rings. The summed E-state index contributed by atoms with van der Waals surface area (Å²) >= 11 is 1.31. The van der Waals surface area contributed by atoms with Crippen molar-refractivity contribution >= 4 is 28.6 Å². The SMILES string of the molecule is O=C(NNc1ccccc1[N+](=O)[O-])c1ccc(-c2ccc3c(c2)OCCO3)s1. The van der Waals surface area contributed by atoms with Crippen LogP contribution in [-0.4, -0.2) is 24.0 Å². The van der Waals surface area contributed by atoms with Crippen molar-refractivity contribution in [2.45, 2.75) is 0 Å². The molecule has 1 amide bonds. The number of nitrogens with one attached hydrogen (secondary N) is 2. The van der Waals surface area contributed by atoms with E-state index < -0.39 is 4.92 Å². The van der Waals surface area contributed by atoms with Crippen LogP contribution in [-0.2, 0) is 0 Å². The zero-order valence-corrected chi connectivity index (χ0v) is 15.3. The Morgan fingerprint density at radius 1 is 1.04 bits per heavy atom. The van der Waals surface area contributed by atoms with Gasteiger partial charge in [-0.25, -0.2) is 0 Å². The van der Waals surface area contributed by atoms with E-state index in [1.807, 2.05) is 24.3 Å². The van der Waals surface area contributed by atoms with Gasteiger partial charge in [0.25, 0.3) is 11.6 Å². The van der Waals surface area contributed by atoms with Crippen molar-refractivity contribution < 1.29 is 19.2 Å². The van der Waals surface area contributed by atoms with Gasteiger partial charge in [-0.15, -0.1) is 11.3 Å². The average Bonchev–Trinajstić information content (AvgIpc) is 3.22. The van der Waals surface area contributed by atoms with E-state index in [1.165, 1.54) is 23.5 Å². The quantitative estimate of drug-likeness (QED) is 0.501. The van der Waals surface area contributed by atoms with Gasteiger partial charge in [0.05, 0.1) is 9.80 Å². The highest BCUT2D eigenvalue weighted by Gasteiger charge is 2.16. The molecule has 8 nitrogen and oxygen atoms in total. The van der Waals surface area contributed by atoms with Crippen molar-refractivity contribution in [2.75, 3.05) is 18.6 Å². The fraction of sp³-hybridized carbons (Fsp3) is 0.105. The number of carbonyl (C=O) groups excluding carboxylic acids is 1. The number of hydrogen-bond donors (Lipinski definition) is 2. The van der Waals surface area contributed by atoms with E-state index in [0.29, 0.717) is 29.6 Å². The molecule has 0 radical (unpaired) electrons. The number of thiophene rings is 1. The summed E-state index contributed by atoms with van der Waals surface area (Å²) in [4.78, 5) is 24.3. The fourth-order valence-electron chi connectivity index (χ4n) is 2.74. The third kappa shape index (κ3) is 3.60. The highest BCUT2D eigenvalue weighted by atomic mass is 32.1. The summed E-state index contributed by atoms with van der Waals surface area (Å²) in [5.41, 5.74) is 6.12. The molecule has 28 heavy (non-hydrogen) atoms. The summed E-state index contributed by atoms with van der Waals surface area (Å²) in [6, 6.07) is 15.3. The van der Waals surface area contributed by atoms with Crippen molar-refractivity contribution in [1.82, 2.24) is 5.43 Å². The van der Waals surface area contributed by atoms with E-state index in [2.05, 4.69) is 10.9 Å². The van der Waals surface area contributed by atoms with Gasteiger partial charge in [0.2, 0.25) is 0 Å². The Morgan fingerprint density at radius 2 is 1.82 bits per heavy atom. The number of carbonyl (C=O) groups is 1. The minimum Gasteiger partial charge on any atom is -0.486 e. The van der Waals surface area contributed by atoms with Gasteiger partial charge in [0.15, 0.2) is 11.5 Å². The van der Waals surface area contributed by atoms with Crippen LogP contribution < -0.4 is 20.3 Å². The lowest BCUT2D eigenvalue weighted by Crippen LogP contribution is -2.28. The Hall–Kier alpha value is -3.59. The Balaban J connectivity index is 1.47. The second-order valence-electron chi connectivity index (χ2n) is 5.88. The standard InChI is InChI=1S/C19H15N3O5S/c23-19(21-20-13-3-1-2-4-14(13)22(24)25)18-8-7-17(28-18)12-5-6-15-16(11-12)27-10-9-26-15/h1-8,11,20H,9-10H2,(H,21,23). The van der Waals surface area contributed by atoms with Gasteiger partial charge in [-0.05, 0) is 42.0 Å². The number of nitro groups is 1. The van der Waals surface area contributed by atoms with Gasteiger partial charge in [0.1, 0.15) is 18.9 Å². The molecule has 1 aliphatic heterocycles. The number of amides is 1. The van der Waals surface area contributed by atoms with Crippen LogP contribution in [0.3, 0.4) is 0 Å². The Bertz CT molecular complexity index is 1050. The minimum atomic E-state index is -0.514. The lowest BCUT2D eigenvalue weighted by Gasteiger charge is -2.18. The van der Waals surface area contributed by atoms with Crippen LogP contribution >= 0.6 is 11.3 Å². The van der Waals surface area contributed by atoms with Gasteiger partial charge in [0, 0.05) is 10.9 Å². The first kappa shape index (κ1) is 17.8. The third-order valence-electron chi connectivity index (χ3n) is 4.07. The van der Waals surface area contributed by atoms with Crippen molar-refractivity contribution in [3.05, 3.63) is 69.6 Å². The number of nitrogens with zero attached hydrogens (tertiary/aromatic N) is 1. The van der Waals surface area contributed by atoms with Gasteiger partial charge in [-0.2, -0.15) is 0 Å². The first-order valence-electron chi connectivity index (χ1n) is 8.41. The molecule has 0 spiro atoms. The maximum atomic E-state index is 12.4. The molecule has 2 aromatic carbocycles. The molecule has 0 fully saturated rings. The Kier molecular flexibility index (Phi) is 4.81. The van der Waals surface area contributed by atoms with Gasteiger partial charge in [-0.1, -0.05) is 12.1 Å². The maximum absolute atomic E-state index is 12.4. The summed E-state index contributed by atoms with van der Waals surface area (Å²) in [5.74, 6) is 1.01. The number of para-hydroxylation sites is 2. The molecule has 1 aromatic heterocycles. The van der Waals surface area contributed by atoms with Gasteiger partial charge >= 0.3 is 0 Å². The van der Waals surface area contributed by atoms with Crippen molar-refractivity contribution in [3.63, 3.8) is 0 Å². The molecule has 9 heteroatoms. The minimum absolute atomic E-state index is 0.119. The molecule has 4 rings (SSSR count). The number of anilines is 1. The summed E-state index contributed by atoms with van der Waals surface area (Å²) in [7, 11) is 0. The largest absolute Gasteiger partial charge is 0.486 e. The molecule has 0 bridgehead atoms. The summed E-state index contributed by atoms with van der Waals surface area (Å²) in [6.07, 6.45) is 0. The topological polar surface area (TPSA) is 103 Å². The van der Waals surface area contributed by atoms with E-state index in [9.17, 15) is 14.9 Å². The molecule has 0 atom stereocenters. The van der Waals surface area contributed by atoms with E-state index in [-0.39, 0.29) is 17.3 Å². The predicted molar refractivity (Wildman–Crippen MR) is 105 cm³/mol. The number of ether oxygens (including phenoxy) is 2. The average molecular weight is 397 g/mol. The summed E-state index contributed by atoms with van der Waals surface area (Å²) in [6.45, 7) is 1.04. The van der Waals surface area contributed by atoms with Gasteiger partial charge < -0.3 is 9.47 Å². The van der Waals surface area contributed by atoms with E-state index >= 15 is 0 Å². The van der Waals surface area contributed by atoms with Crippen molar-refractivity contribution in [3.8, 4) is 21.9 Å². The van der Waals surface area contributed by atoms with Gasteiger partial charge in [-0.3, -0.25) is 25.8 Å². The van der Waals surface area contributed by atoms with Crippen LogP contribution in [0.2, 0.25) is 0 Å². The first-order valence-corrected chi connectivity index (χ1v) is 9.23. The first-order chi connectivity index (χ1) is 13.6. The number of rotatable bonds is 5. The van der Waals surface area contributed by atoms with E-state index in [0.717, 1.165) is 10.4 Å². The third-order valence-corrected chi connectivity index (χ3v) is 5.20. The molecule has 142 valence electrons. The van der Waals surface area contributed by atoms with Crippen LogP contribution in [0.25, 0.3) is 10.4 Å². The van der Waals surface area contributed by atoms with Crippen LogP contribution in [0.15, 0.2) is 54.6 Å². The number of hydrogen-bond acceptors (Lipinski definition) is 7. The summed E-state index contributed by atoms with van der Waals surface area (Å²) in [5, 5.41) is 11.0. The zero-order valence-electron chi connectivity index (χ0n) is 14.5. The summed E-state index contributed by atoms with van der Waals surface area (Å²) < 4.78 is 11.1. The van der Waals surface area contributed by atoms with Crippen LogP contribution in [0.4, 0.5) is 11.4 Å². The molecular weight excluding hydrogens is 382 g/mol. The molecule has 0 saturated heterocycles. The molecule has 1 aliphatic rings. The van der Waals surface area contributed by atoms with Crippen LogP contribution in [0, 0.1) is 10.1 Å². The van der Waals surface area contributed by atoms with Crippen LogP contribution in [0.1, 0.15) is 9.67 Å². The highest BCUT2D eigenvalue weighted by molar-refractivity contribution is 7.17. The monoisotopic (exact) mass is 397 g/mol. The molecule has 2 heterocycles. The van der Waals surface area contributed by atoms with E-state index in [1.54, 1.807) is 18.2 Å². The van der Waals surface area contributed by atoms with E-state index in [4.69, 9.17) is 9.47 Å². The van der Waals surface area contributed by atoms with Crippen molar-refractivity contribution in [1.29, 1.82) is 0 Å². The zero-order chi connectivity index (χ0) is 19.5. The molecular formula is C19H15N3O5S. The number of nitro benzene ring substituents is 1. The second kappa shape index (κ2) is 7.57. The van der Waals surface area contributed by atoms with Crippen molar-refractivity contribution in [2.24, 2.45) is 0 Å². The number of benzene rings is 2. The number of fused-ring (bicyclic) bond motifs is 1. The maximum Gasteiger partial charge on any atom is 0.294 e. The normalized spacial score (nSPS) is 12.3. The molecule has 2 N–H and O–H groups in total. The predicted octanol–water partition coefficient (Wildman–Crippen LogP) is 3.85. The Morgan fingerprint density at radius 3 is 2.64 bits per heavy atom. The lowest BCUT2D eigenvalue weighted by molar-refractivity contribution is -0.384.